The lowest BCUT2D eigenvalue weighted by Crippen LogP contribution is -2.22. The van der Waals surface area contributed by atoms with Gasteiger partial charge < -0.3 is 10.1 Å². The van der Waals surface area contributed by atoms with E-state index in [9.17, 15) is 18.0 Å². The van der Waals surface area contributed by atoms with Gasteiger partial charge in [0, 0.05) is 12.6 Å². The Bertz CT molecular complexity index is 778. The van der Waals surface area contributed by atoms with Crippen molar-refractivity contribution in [2.75, 3.05) is 11.9 Å². The molecule has 2 aromatic rings. The van der Waals surface area contributed by atoms with Crippen LogP contribution in [0.25, 0.3) is 0 Å². The molecule has 0 bridgehead atoms. The van der Waals surface area contributed by atoms with Crippen molar-refractivity contribution in [3.63, 3.8) is 0 Å². The first-order valence-electron chi connectivity index (χ1n) is 6.30. The number of halogens is 5. The van der Waals surface area contributed by atoms with Crippen LogP contribution in [0.2, 0.25) is 10.0 Å². The molecule has 0 unspecified atom stereocenters. The van der Waals surface area contributed by atoms with E-state index in [0.29, 0.717) is 0 Å². The summed E-state index contributed by atoms with van der Waals surface area (Å²) in [6.45, 7) is 1.93. The quantitative estimate of drug-likeness (QED) is 0.844. The molecule has 0 aliphatic heterocycles. The van der Waals surface area contributed by atoms with Gasteiger partial charge in [-0.3, -0.25) is 9.78 Å². The van der Waals surface area contributed by atoms with E-state index in [4.69, 9.17) is 27.9 Å². The number of alkyl halides is 3. The van der Waals surface area contributed by atoms with Crippen molar-refractivity contribution >= 4 is 29.2 Å². The predicted molar refractivity (Wildman–Crippen MR) is 80.6 cm³/mol. The van der Waals surface area contributed by atoms with Gasteiger partial charge in [-0.05, 0) is 19.1 Å². The second-order valence-corrected chi connectivity index (χ2v) is 5.11. The van der Waals surface area contributed by atoms with E-state index in [1.54, 1.807) is 6.92 Å². The van der Waals surface area contributed by atoms with E-state index >= 15 is 0 Å². The first-order valence-corrected chi connectivity index (χ1v) is 7.06. The van der Waals surface area contributed by atoms with Gasteiger partial charge in [0.05, 0.1) is 10.0 Å². The summed E-state index contributed by atoms with van der Waals surface area (Å²) in [4.78, 5) is 17.4. The molecule has 0 radical (unpaired) electrons. The van der Waals surface area contributed by atoms with Crippen LogP contribution in [0.4, 0.5) is 19.1 Å². The maximum atomic E-state index is 13.1. The highest BCUT2D eigenvalue weighted by Gasteiger charge is 2.39. The van der Waals surface area contributed by atoms with Crippen LogP contribution >= 0.6 is 23.2 Å². The van der Waals surface area contributed by atoms with E-state index < -0.39 is 23.2 Å². The van der Waals surface area contributed by atoms with Crippen LogP contribution in [0.15, 0.2) is 23.0 Å². The van der Waals surface area contributed by atoms with Gasteiger partial charge in [-0.15, -0.1) is 0 Å². The molecule has 2 N–H and O–H groups in total. The molecular weight excluding hydrogens is 358 g/mol. The highest BCUT2D eigenvalue weighted by Crippen LogP contribution is 2.36. The summed E-state index contributed by atoms with van der Waals surface area (Å²) in [5.74, 6) is -1.35. The number of H-pyrrole nitrogens is 1. The Kier molecular flexibility index (Phi) is 5.06. The number of rotatable bonds is 4. The third-order valence-corrected chi connectivity index (χ3v) is 3.34. The van der Waals surface area contributed by atoms with Crippen molar-refractivity contribution in [2.24, 2.45) is 0 Å². The minimum absolute atomic E-state index is 0.0754. The smallest absolute Gasteiger partial charge is 0.437 e. The summed E-state index contributed by atoms with van der Waals surface area (Å²) < 4.78 is 44.4. The lowest BCUT2D eigenvalue weighted by molar-refractivity contribution is -0.142. The normalized spacial score (nSPS) is 11.4. The number of anilines is 1. The van der Waals surface area contributed by atoms with Gasteiger partial charge in [0.25, 0.3) is 5.56 Å². The SMILES string of the molecule is CCNc1nc(C(F)(F)F)c(Oc2ccc(Cl)c(Cl)c2)c(=O)[nH]1. The Morgan fingerprint density at radius 2 is 2.00 bits per heavy atom. The van der Waals surface area contributed by atoms with E-state index in [1.807, 2.05) is 0 Å². The zero-order valence-corrected chi connectivity index (χ0v) is 13.1. The van der Waals surface area contributed by atoms with Crippen molar-refractivity contribution in [2.45, 2.75) is 13.1 Å². The molecule has 0 saturated heterocycles. The van der Waals surface area contributed by atoms with Gasteiger partial charge in [-0.25, -0.2) is 4.98 Å². The zero-order chi connectivity index (χ0) is 17.2. The van der Waals surface area contributed by atoms with Crippen molar-refractivity contribution in [3.8, 4) is 11.5 Å². The first-order chi connectivity index (χ1) is 10.7. The third kappa shape index (κ3) is 4.08. The van der Waals surface area contributed by atoms with E-state index in [0.717, 1.165) is 0 Å². The lowest BCUT2D eigenvalue weighted by Gasteiger charge is -2.14. The van der Waals surface area contributed by atoms with Crippen LogP contribution in [-0.4, -0.2) is 16.5 Å². The summed E-state index contributed by atoms with van der Waals surface area (Å²) in [6, 6.07) is 3.81. The second kappa shape index (κ2) is 6.67. The fourth-order valence-corrected chi connectivity index (χ4v) is 1.95. The molecule has 0 fully saturated rings. The fourth-order valence-electron chi connectivity index (χ4n) is 1.66. The molecule has 10 heteroatoms. The Hall–Kier alpha value is -1.93. The van der Waals surface area contributed by atoms with Crippen LogP contribution in [0.3, 0.4) is 0 Å². The Morgan fingerprint density at radius 3 is 2.57 bits per heavy atom. The largest absolute Gasteiger partial charge is 0.449 e. The summed E-state index contributed by atoms with van der Waals surface area (Å²) >= 11 is 11.5. The van der Waals surface area contributed by atoms with Crippen molar-refractivity contribution in [1.29, 1.82) is 0 Å². The Morgan fingerprint density at radius 1 is 1.30 bits per heavy atom. The molecule has 124 valence electrons. The minimum atomic E-state index is -4.87. The van der Waals surface area contributed by atoms with Crippen molar-refractivity contribution in [1.82, 2.24) is 9.97 Å². The number of hydrogen-bond acceptors (Lipinski definition) is 4. The first kappa shape index (κ1) is 17.4. The molecule has 1 aromatic carbocycles. The molecule has 0 atom stereocenters. The number of ether oxygens (including phenoxy) is 1. The van der Waals surface area contributed by atoms with Crippen LogP contribution in [-0.2, 0) is 6.18 Å². The molecule has 0 aliphatic carbocycles. The van der Waals surface area contributed by atoms with Crippen molar-refractivity contribution < 1.29 is 17.9 Å². The minimum Gasteiger partial charge on any atom is -0.449 e. The maximum absolute atomic E-state index is 13.1. The summed E-state index contributed by atoms with van der Waals surface area (Å²) in [7, 11) is 0. The summed E-state index contributed by atoms with van der Waals surface area (Å²) in [5.41, 5.74) is -2.52. The molecule has 1 heterocycles. The highest BCUT2D eigenvalue weighted by molar-refractivity contribution is 6.42. The lowest BCUT2D eigenvalue weighted by atomic mass is 10.3. The van der Waals surface area contributed by atoms with Crippen molar-refractivity contribution in [3.05, 3.63) is 44.3 Å². The number of aromatic amines is 1. The molecule has 23 heavy (non-hydrogen) atoms. The monoisotopic (exact) mass is 367 g/mol. The zero-order valence-electron chi connectivity index (χ0n) is 11.6. The standard InChI is InChI=1S/C13H10Cl2F3N3O2/c1-2-19-12-20-10(13(16,17)18)9(11(22)21-12)23-6-3-4-7(14)8(15)5-6/h3-5H,2H2,1H3,(H2,19,20,21,22). The summed E-state index contributed by atoms with van der Waals surface area (Å²) in [6.07, 6.45) is -4.87. The van der Waals surface area contributed by atoms with E-state index in [-0.39, 0.29) is 28.3 Å². The van der Waals surface area contributed by atoms with E-state index in [1.165, 1.54) is 18.2 Å². The van der Waals surface area contributed by atoms with Gasteiger partial charge in [-0.2, -0.15) is 13.2 Å². The number of aromatic nitrogens is 2. The molecular formula is C13H10Cl2F3N3O2. The van der Waals surface area contributed by atoms with Gasteiger partial charge in [-0.1, -0.05) is 23.2 Å². The topological polar surface area (TPSA) is 67.0 Å². The molecule has 0 saturated carbocycles. The summed E-state index contributed by atoms with van der Waals surface area (Å²) in [5, 5.41) is 2.78. The Balaban J connectivity index is 2.52. The van der Waals surface area contributed by atoms with Crippen LogP contribution < -0.4 is 15.6 Å². The van der Waals surface area contributed by atoms with Gasteiger partial charge in [0.1, 0.15) is 5.75 Å². The van der Waals surface area contributed by atoms with Gasteiger partial charge in [0.15, 0.2) is 5.69 Å². The second-order valence-electron chi connectivity index (χ2n) is 4.30. The van der Waals surface area contributed by atoms with Crippen LogP contribution in [0.5, 0.6) is 11.5 Å². The predicted octanol–water partition coefficient (Wildman–Crippen LogP) is 4.32. The number of benzene rings is 1. The van der Waals surface area contributed by atoms with E-state index in [2.05, 4.69) is 15.3 Å². The highest BCUT2D eigenvalue weighted by atomic mass is 35.5. The maximum Gasteiger partial charge on any atom is 0.437 e. The molecule has 0 amide bonds. The van der Waals surface area contributed by atoms with Crippen LogP contribution in [0.1, 0.15) is 12.6 Å². The fraction of sp³-hybridized carbons (Fsp3) is 0.231. The molecule has 1 aromatic heterocycles. The van der Waals surface area contributed by atoms with Gasteiger partial charge in [0.2, 0.25) is 11.7 Å². The molecule has 5 nitrogen and oxygen atoms in total. The van der Waals surface area contributed by atoms with Gasteiger partial charge >= 0.3 is 6.18 Å². The number of nitrogens with one attached hydrogen (secondary N) is 2. The molecule has 0 spiro atoms. The average Bonchev–Trinajstić information content (AvgIpc) is 2.44. The average molecular weight is 368 g/mol. The molecule has 0 aliphatic rings. The third-order valence-electron chi connectivity index (χ3n) is 2.60. The van der Waals surface area contributed by atoms with Crippen LogP contribution in [0, 0.1) is 0 Å². The molecule has 2 rings (SSSR count). The Labute approximate surface area is 138 Å². The number of nitrogens with zero attached hydrogens (tertiary/aromatic N) is 1. The number of hydrogen-bond donors (Lipinski definition) is 2.